The van der Waals surface area contributed by atoms with E-state index in [4.69, 9.17) is 0 Å². The lowest BCUT2D eigenvalue weighted by Crippen LogP contribution is -2.14. The number of hydrogen-bond donors (Lipinski definition) is 1. The van der Waals surface area contributed by atoms with Crippen molar-refractivity contribution in [3.05, 3.63) is 18.3 Å². The van der Waals surface area contributed by atoms with Crippen molar-refractivity contribution >= 4 is 21.4 Å². The average Bonchev–Trinajstić information content (AvgIpc) is 2.15. The van der Waals surface area contributed by atoms with E-state index in [1.807, 2.05) is 13.8 Å². The van der Waals surface area contributed by atoms with E-state index in [2.05, 4.69) is 10.3 Å². The molecular formula is C11H16N2O3S. The number of amides is 1. The van der Waals surface area contributed by atoms with Crippen LogP contribution in [-0.4, -0.2) is 25.6 Å². The fourth-order valence-electron chi connectivity index (χ4n) is 1.26. The van der Waals surface area contributed by atoms with Gasteiger partial charge in [0.2, 0.25) is 5.91 Å². The maximum atomic E-state index is 11.4. The highest BCUT2D eigenvalue weighted by Gasteiger charge is 2.09. The molecule has 0 bridgehead atoms. The fraction of sp³-hybridized carbons (Fsp3) is 0.455. The molecule has 5 nitrogen and oxygen atoms in total. The summed E-state index contributed by atoms with van der Waals surface area (Å²) in [7, 11) is -3.29. The monoisotopic (exact) mass is 256 g/mol. The Hall–Kier alpha value is -1.43. The van der Waals surface area contributed by atoms with Crippen LogP contribution in [0, 0.1) is 5.92 Å². The molecule has 0 saturated carbocycles. The van der Waals surface area contributed by atoms with Crippen LogP contribution >= 0.6 is 0 Å². The molecule has 1 aromatic heterocycles. The second kappa shape index (κ2) is 5.27. The standard InChI is InChI=1S/C11H16N2O3S/c1-8(2)6-10(14)13-9-4-5-11(12-7-9)17(3,15)16/h4-5,7-8H,6H2,1-3H3,(H,13,14). The lowest BCUT2D eigenvalue weighted by atomic mass is 10.1. The number of anilines is 1. The van der Waals surface area contributed by atoms with Crippen LogP contribution in [0.1, 0.15) is 20.3 Å². The third kappa shape index (κ3) is 4.52. The van der Waals surface area contributed by atoms with E-state index < -0.39 is 9.84 Å². The highest BCUT2D eigenvalue weighted by Crippen LogP contribution is 2.11. The Bertz CT molecular complexity index is 492. The number of nitrogens with zero attached hydrogens (tertiary/aromatic N) is 1. The Balaban J connectivity index is 2.73. The second-order valence-electron chi connectivity index (χ2n) is 4.30. The number of carbonyl (C=O) groups excluding carboxylic acids is 1. The van der Waals surface area contributed by atoms with Gasteiger partial charge in [-0.1, -0.05) is 13.8 Å². The summed E-state index contributed by atoms with van der Waals surface area (Å²) >= 11 is 0. The van der Waals surface area contributed by atoms with Gasteiger partial charge < -0.3 is 5.32 Å². The molecule has 0 atom stereocenters. The Labute approximate surface area is 101 Å². The molecule has 6 heteroatoms. The Kier molecular flexibility index (Phi) is 4.22. The number of aromatic nitrogens is 1. The topological polar surface area (TPSA) is 76.1 Å². The van der Waals surface area contributed by atoms with Crippen molar-refractivity contribution in [3.63, 3.8) is 0 Å². The van der Waals surface area contributed by atoms with Crippen LogP contribution in [0.4, 0.5) is 5.69 Å². The molecule has 0 aromatic carbocycles. The SMILES string of the molecule is CC(C)CC(=O)Nc1ccc(S(C)(=O)=O)nc1. The van der Waals surface area contributed by atoms with Crippen molar-refractivity contribution in [2.75, 3.05) is 11.6 Å². The van der Waals surface area contributed by atoms with Crippen LogP contribution in [0.5, 0.6) is 0 Å². The highest BCUT2D eigenvalue weighted by atomic mass is 32.2. The van der Waals surface area contributed by atoms with Crippen molar-refractivity contribution in [1.29, 1.82) is 0 Å². The lowest BCUT2D eigenvalue weighted by Gasteiger charge is -2.07. The summed E-state index contributed by atoms with van der Waals surface area (Å²) in [6, 6.07) is 2.90. The molecule has 1 heterocycles. The smallest absolute Gasteiger partial charge is 0.224 e. The second-order valence-corrected chi connectivity index (χ2v) is 6.27. The molecule has 1 N–H and O–H groups in total. The quantitative estimate of drug-likeness (QED) is 0.885. The number of sulfone groups is 1. The number of hydrogen-bond acceptors (Lipinski definition) is 4. The van der Waals surface area contributed by atoms with E-state index in [0.29, 0.717) is 12.1 Å². The molecule has 0 aliphatic heterocycles. The summed E-state index contributed by atoms with van der Waals surface area (Å²) in [6.45, 7) is 3.90. The largest absolute Gasteiger partial charge is 0.325 e. The van der Waals surface area contributed by atoms with Gasteiger partial charge in [-0.05, 0) is 18.1 Å². The minimum atomic E-state index is -3.29. The Morgan fingerprint density at radius 3 is 2.47 bits per heavy atom. The first-order valence-electron chi connectivity index (χ1n) is 5.25. The first-order valence-corrected chi connectivity index (χ1v) is 7.14. The zero-order valence-corrected chi connectivity index (χ0v) is 10.9. The van der Waals surface area contributed by atoms with Crippen LogP contribution in [0.25, 0.3) is 0 Å². The zero-order chi connectivity index (χ0) is 13.1. The maximum absolute atomic E-state index is 11.4. The van der Waals surface area contributed by atoms with E-state index >= 15 is 0 Å². The number of pyridine rings is 1. The summed E-state index contributed by atoms with van der Waals surface area (Å²) in [5.74, 6) is 0.173. The predicted octanol–water partition coefficient (Wildman–Crippen LogP) is 1.47. The highest BCUT2D eigenvalue weighted by molar-refractivity contribution is 7.90. The number of carbonyl (C=O) groups is 1. The third-order valence-electron chi connectivity index (χ3n) is 1.99. The van der Waals surface area contributed by atoms with Crippen LogP contribution in [0.3, 0.4) is 0 Å². The van der Waals surface area contributed by atoms with Crippen molar-refractivity contribution < 1.29 is 13.2 Å². The molecule has 1 rings (SSSR count). The average molecular weight is 256 g/mol. The summed E-state index contributed by atoms with van der Waals surface area (Å²) in [5, 5.41) is 2.66. The van der Waals surface area contributed by atoms with Gasteiger partial charge in [0.05, 0.1) is 11.9 Å². The van der Waals surface area contributed by atoms with Crippen molar-refractivity contribution in [2.45, 2.75) is 25.3 Å². The molecule has 0 radical (unpaired) electrons. The van der Waals surface area contributed by atoms with Gasteiger partial charge in [0, 0.05) is 12.7 Å². The van der Waals surface area contributed by atoms with Gasteiger partial charge in [-0.25, -0.2) is 13.4 Å². The van der Waals surface area contributed by atoms with Gasteiger partial charge >= 0.3 is 0 Å². The molecule has 0 saturated heterocycles. The van der Waals surface area contributed by atoms with Crippen LogP contribution in [-0.2, 0) is 14.6 Å². The van der Waals surface area contributed by atoms with Crippen LogP contribution in [0.15, 0.2) is 23.4 Å². The van der Waals surface area contributed by atoms with Gasteiger partial charge in [-0.3, -0.25) is 4.79 Å². The molecule has 0 fully saturated rings. The molecular weight excluding hydrogens is 240 g/mol. The first-order chi connectivity index (χ1) is 7.79. The molecule has 17 heavy (non-hydrogen) atoms. The summed E-state index contributed by atoms with van der Waals surface area (Å²) in [4.78, 5) is 15.2. The predicted molar refractivity (Wildman–Crippen MR) is 65.4 cm³/mol. The zero-order valence-electron chi connectivity index (χ0n) is 10.1. The maximum Gasteiger partial charge on any atom is 0.224 e. The van der Waals surface area contributed by atoms with Gasteiger partial charge in [0.15, 0.2) is 14.9 Å². The summed E-state index contributed by atoms with van der Waals surface area (Å²) in [6.07, 6.45) is 2.86. The third-order valence-corrected chi connectivity index (χ3v) is 2.99. The minimum absolute atomic E-state index is 0.000594. The lowest BCUT2D eigenvalue weighted by molar-refractivity contribution is -0.116. The Morgan fingerprint density at radius 1 is 1.41 bits per heavy atom. The van der Waals surface area contributed by atoms with E-state index in [0.717, 1.165) is 6.26 Å². The molecule has 1 aromatic rings. The van der Waals surface area contributed by atoms with Crippen molar-refractivity contribution in [3.8, 4) is 0 Å². The fourth-order valence-corrected chi connectivity index (χ4v) is 1.82. The summed E-state index contributed by atoms with van der Waals surface area (Å²) < 4.78 is 22.3. The summed E-state index contributed by atoms with van der Waals surface area (Å²) in [5.41, 5.74) is 0.503. The molecule has 0 spiro atoms. The van der Waals surface area contributed by atoms with Gasteiger partial charge in [-0.2, -0.15) is 0 Å². The molecule has 0 aliphatic carbocycles. The van der Waals surface area contributed by atoms with E-state index in [1.165, 1.54) is 18.3 Å². The minimum Gasteiger partial charge on any atom is -0.325 e. The number of rotatable bonds is 4. The Morgan fingerprint density at radius 2 is 2.06 bits per heavy atom. The first kappa shape index (κ1) is 13.6. The van der Waals surface area contributed by atoms with Crippen LogP contribution < -0.4 is 5.32 Å². The normalized spacial score (nSPS) is 11.5. The van der Waals surface area contributed by atoms with Crippen molar-refractivity contribution in [2.24, 2.45) is 5.92 Å². The van der Waals surface area contributed by atoms with Gasteiger partial charge in [-0.15, -0.1) is 0 Å². The van der Waals surface area contributed by atoms with E-state index in [1.54, 1.807) is 0 Å². The molecule has 94 valence electrons. The van der Waals surface area contributed by atoms with Gasteiger partial charge in [0.1, 0.15) is 0 Å². The molecule has 0 unspecified atom stereocenters. The molecule has 0 aliphatic rings. The number of nitrogens with one attached hydrogen (secondary N) is 1. The van der Waals surface area contributed by atoms with E-state index in [9.17, 15) is 13.2 Å². The van der Waals surface area contributed by atoms with Crippen molar-refractivity contribution in [1.82, 2.24) is 4.98 Å². The van der Waals surface area contributed by atoms with E-state index in [-0.39, 0.29) is 16.9 Å². The van der Waals surface area contributed by atoms with Gasteiger partial charge in [0.25, 0.3) is 0 Å². The van der Waals surface area contributed by atoms with Crippen LogP contribution in [0.2, 0.25) is 0 Å². The molecule has 1 amide bonds.